The number of nitrogens with two attached hydrogens (primary N) is 1. The van der Waals surface area contributed by atoms with Crippen LogP contribution in [0.1, 0.15) is 36.2 Å². The van der Waals surface area contributed by atoms with E-state index in [4.69, 9.17) is 17.3 Å². The molecule has 0 radical (unpaired) electrons. The van der Waals surface area contributed by atoms with Crippen LogP contribution < -0.4 is 5.73 Å². The molecule has 0 bridgehead atoms. The van der Waals surface area contributed by atoms with Crippen LogP contribution in [0.5, 0.6) is 0 Å². The lowest BCUT2D eigenvalue weighted by molar-refractivity contribution is 0.559. The summed E-state index contributed by atoms with van der Waals surface area (Å²) >= 11 is 9.78. The molecular formula is C14H17BrClN3. The maximum atomic E-state index is 6.40. The summed E-state index contributed by atoms with van der Waals surface area (Å²) in [5, 5.41) is 4.92. The van der Waals surface area contributed by atoms with Crippen molar-refractivity contribution in [3.63, 3.8) is 0 Å². The third kappa shape index (κ3) is 2.86. The minimum absolute atomic E-state index is 0.265. The number of hydrogen-bond donors (Lipinski definition) is 1. The second-order valence-electron chi connectivity index (χ2n) is 4.53. The summed E-state index contributed by atoms with van der Waals surface area (Å²) in [5.41, 5.74) is 9.47. The van der Waals surface area contributed by atoms with Gasteiger partial charge >= 0.3 is 0 Å². The standard InChI is InChI=1S/C14H17BrClN3/c1-3-7-19-14(12(16)8-18-19)13(17)10-5-4-6-11(15)9(10)2/h4-6,8,13H,3,7,17H2,1-2H3. The second-order valence-corrected chi connectivity index (χ2v) is 5.79. The first-order valence-corrected chi connectivity index (χ1v) is 7.45. The van der Waals surface area contributed by atoms with Gasteiger partial charge in [-0.2, -0.15) is 5.10 Å². The normalized spacial score (nSPS) is 12.7. The quantitative estimate of drug-likeness (QED) is 0.910. The Morgan fingerprint density at radius 2 is 2.21 bits per heavy atom. The molecule has 1 atom stereocenters. The van der Waals surface area contributed by atoms with Crippen molar-refractivity contribution in [1.29, 1.82) is 0 Å². The summed E-state index contributed by atoms with van der Waals surface area (Å²) in [7, 11) is 0. The van der Waals surface area contributed by atoms with Crippen LogP contribution in [0, 0.1) is 6.92 Å². The van der Waals surface area contributed by atoms with Crippen molar-refractivity contribution in [2.24, 2.45) is 5.73 Å². The molecule has 0 aliphatic heterocycles. The van der Waals surface area contributed by atoms with Gasteiger partial charge in [0.2, 0.25) is 0 Å². The molecule has 1 aromatic heterocycles. The van der Waals surface area contributed by atoms with E-state index in [1.807, 2.05) is 29.8 Å². The van der Waals surface area contributed by atoms with Gasteiger partial charge in [-0.25, -0.2) is 0 Å². The molecular weight excluding hydrogens is 326 g/mol. The van der Waals surface area contributed by atoms with Gasteiger partial charge in [-0.1, -0.05) is 46.6 Å². The molecule has 1 unspecified atom stereocenters. The number of nitrogens with zero attached hydrogens (tertiary/aromatic N) is 2. The summed E-state index contributed by atoms with van der Waals surface area (Å²) in [6, 6.07) is 5.76. The Hall–Kier alpha value is -0.840. The van der Waals surface area contributed by atoms with Crippen LogP contribution in [0.25, 0.3) is 0 Å². The van der Waals surface area contributed by atoms with Gasteiger partial charge in [0.1, 0.15) is 0 Å². The molecule has 1 aromatic carbocycles. The monoisotopic (exact) mass is 341 g/mol. The van der Waals surface area contributed by atoms with E-state index in [9.17, 15) is 0 Å². The number of aryl methyl sites for hydroxylation is 1. The van der Waals surface area contributed by atoms with Crippen LogP contribution in [0.2, 0.25) is 5.02 Å². The van der Waals surface area contributed by atoms with E-state index in [1.165, 1.54) is 0 Å². The lowest BCUT2D eigenvalue weighted by Crippen LogP contribution is -2.19. The average molecular weight is 343 g/mol. The summed E-state index contributed by atoms with van der Waals surface area (Å²) in [6.45, 7) is 4.98. The Morgan fingerprint density at radius 3 is 2.89 bits per heavy atom. The predicted molar refractivity (Wildman–Crippen MR) is 82.4 cm³/mol. The molecule has 2 N–H and O–H groups in total. The summed E-state index contributed by atoms with van der Waals surface area (Å²) < 4.78 is 2.95. The Morgan fingerprint density at radius 1 is 1.47 bits per heavy atom. The highest BCUT2D eigenvalue weighted by atomic mass is 79.9. The molecule has 0 saturated heterocycles. The van der Waals surface area contributed by atoms with Crippen molar-refractivity contribution >= 4 is 27.5 Å². The number of halogens is 2. The molecule has 2 aromatic rings. The van der Waals surface area contributed by atoms with E-state index < -0.39 is 0 Å². The third-order valence-corrected chi connectivity index (χ3v) is 4.36. The largest absolute Gasteiger partial charge is 0.319 e. The minimum Gasteiger partial charge on any atom is -0.319 e. The lowest BCUT2D eigenvalue weighted by atomic mass is 9.99. The predicted octanol–water partition coefficient (Wildman–Crippen LogP) is 4.07. The van der Waals surface area contributed by atoms with Gasteiger partial charge in [-0.3, -0.25) is 4.68 Å². The van der Waals surface area contributed by atoms with Gasteiger partial charge in [-0.05, 0) is 30.5 Å². The SMILES string of the molecule is CCCn1ncc(Cl)c1C(N)c1cccc(Br)c1C. The molecule has 0 spiro atoms. The molecule has 5 heteroatoms. The highest BCUT2D eigenvalue weighted by molar-refractivity contribution is 9.10. The van der Waals surface area contributed by atoms with Gasteiger partial charge in [-0.15, -0.1) is 0 Å². The third-order valence-electron chi connectivity index (χ3n) is 3.21. The van der Waals surface area contributed by atoms with E-state index in [0.29, 0.717) is 5.02 Å². The zero-order chi connectivity index (χ0) is 14.0. The van der Waals surface area contributed by atoms with Gasteiger partial charge in [0.05, 0.1) is 23.0 Å². The molecule has 0 aliphatic carbocycles. The van der Waals surface area contributed by atoms with Crippen molar-refractivity contribution in [3.8, 4) is 0 Å². The first-order valence-electron chi connectivity index (χ1n) is 6.28. The van der Waals surface area contributed by atoms with Crippen LogP contribution in [-0.4, -0.2) is 9.78 Å². The minimum atomic E-state index is -0.265. The second kappa shape index (κ2) is 6.07. The van der Waals surface area contributed by atoms with E-state index in [0.717, 1.165) is 34.3 Å². The van der Waals surface area contributed by atoms with Gasteiger partial charge < -0.3 is 5.73 Å². The first kappa shape index (κ1) is 14.6. The van der Waals surface area contributed by atoms with Crippen molar-refractivity contribution in [2.75, 3.05) is 0 Å². The Bertz CT molecular complexity index is 580. The fourth-order valence-corrected chi connectivity index (χ4v) is 2.82. The molecule has 0 saturated carbocycles. The van der Waals surface area contributed by atoms with Crippen LogP contribution in [-0.2, 0) is 6.54 Å². The zero-order valence-corrected chi connectivity index (χ0v) is 13.4. The average Bonchev–Trinajstić information content (AvgIpc) is 2.74. The van der Waals surface area contributed by atoms with Crippen LogP contribution in [0.15, 0.2) is 28.9 Å². The molecule has 1 heterocycles. The Balaban J connectivity index is 2.46. The fraction of sp³-hybridized carbons (Fsp3) is 0.357. The lowest BCUT2D eigenvalue weighted by Gasteiger charge is -2.18. The van der Waals surface area contributed by atoms with Gasteiger partial charge in [0.15, 0.2) is 0 Å². The smallest absolute Gasteiger partial charge is 0.0837 e. The maximum Gasteiger partial charge on any atom is 0.0837 e. The Labute approximate surface area is 126 Å². The number of aromatic nitrogens is 2. The van der Waals surface area contributed by atoms with Crippen LogP contribution in [0.4, 0.5) is 0 Å². The number of benzene rings is 1. The summed E-state index contributed by atoms with van der Waals surface area (Å²) in [6.07, 6.45) is 2.66. The van der Waals surface area contributed by atoms with Crippen molar-refractivity contribution < 1.29 is 0 Å². The molecule has 102 valence electrons. The van der Waals surface area contributed by atoms with Crippen molar-refractivity contribution in [2.45, 2.75) is 32.9 Å². The molecule has 0 aliphatic rings. The highest BCUT2D eigenvalue weighted by Crippen LogP contribution is 2.31. The molecule has 0 amide bonds. The van der Waals surface area contributed by atoms with E-state index in [1.54, 1.807) is 6.20 Å². The van der Waals surface area contributed by atoms with Crippen molar-refractivity contribution in [3.05, 3.63) is 50.7 Å². The maximum absolute atomic E-state index is 6.40. The number of rotatable bonds is 4. The molecule has 19 heavy (non-hydrogen) atoms. The molecule has 2 rings (SSSR count). The van der Waals surface area contributed by atoms with Crippen molar-refractivity contribution in [1.82, 2.24) is 9.78 Å². The van der Waals surface area contributed by atoms with Gasteiger partial charge in [0.25, 0.3) is 0 Å². The Kier molecular flexibility index (Phi) is 4.66. The zero-order valence-electron chi connectivity index (χ0n) is 11.0. The molecule has 3 nitrogen and oxygen atoms in total. The highest BCUT2D eigenvalue weighted by Gasteiger charge is 2.20. The summed E-state index contributed by atoms with van der Waals surface area (Å²) in [4.78, 5) is 0. The first-order chi connectivity index (χ1) is 9.06. The summed E-state index contributed by atoms with van der Waals surface area (Å²) in [5.74, 6) is 0. The van der Waals surface area contributed by atoms with Crippen LogP contribution in [0.3, 0.4) is 0 Å². The fourth-order valence-electron chi connectivity index (χ4n) is 2.18. The molecule has 0 fully saturated rings. The van der Waals surface area contributed by atoms with Crippen LogP contribution >= 0.6 is 27.5 Å². The topological polar surface area (TPSA) is 43.8 Å². The van der Waals surface area contributed by atoms with Gasteiger partial charge in [0, 0.05) is 11.0 Å². The van der Waals surface area contributed by atoms with E-state index in [-0.39, 0.29) is 6.04 Å². The van der Waals surface area contributed by atoms with E-state index in [2.05, 4.69) is 28.0 Å². The van der Waals surface area contributed by atoms with E-state index >= 15 is 0 Å². The number of hydrogen-bond acceptors (Lipinski definition) is 2.